The van der Waals surface area contributed by atoms with E-state index in [0.29, 0.717) is 12.0 Å². The number of hydrogen-bond donors (Lipinski definition) is 2. The maximum atomic E-state index is 12.8. The van der Waals surface area contributed by atoms with Crippen molar-refractivity contribution in [3.8, 4) is 5.75 Å². The number of carbonyl (C=O) groups is 2. The Kier molecular flexibility index (Phi) is 7.15. The van der Waals surface area contributed by atoms with Crippen LogP contribution in [0.25, 0.3) is 0 Å². The zero-order valence-corrected chi connectivity index (χ0v) is 15.9. The van der Waals surface area contributed by atoms with E-state index in [9.17, 15) is 18.4 Å². The zero-order valence-electron chi connectivity index (χ0n) is 15.9. The van der Waals surface area contributed by atoms with Gasteiger partial charge in [0.1, 0.15) is 11.8 Å². The summed E-state index contributed by atoms with van der Waals surface area (Å²) in [5.74, 6) is -0.737. The summed E-state index contributed by atoms with van der Waals surface area (Å²) in [6.07, 6.45) is 1.67. The normalized spacial score (nSPS) is 11.7. The number of rotatable bonds is 9. The number of ether oxygens (including phenoxy) is 1. The van der Waals surface area contributed by atoms with Gasteiger partial charge in [-0.25, -0.2) is 0 Å². The van der Waals surface area contributed by atoms with Gasteiger partial charge in [0.15, 0.2) is 5.76 Å². The molecule has 156 valence electrons. The molecule has 0 bridgehead atoms. The number of amides is 2. The number of halogens is 2. The highest BCUT2D eigenvalue weighted by Gasteiger charge is 2.23. The molecule has 30 heavy (non-hydrogen) atoms. The summed E-state index contributed by atoms with van der Waals surface area (Å²) in [7, 11) is 0. The zero-order chi connectivity index (χ0) is 21.3. The molecule has 0 aliphatic carbocycles. The Morgan fingerprint density at radius 3 is 2.30 bits per heavy atom. The van der Waals surface area contributed by atoms with Gasteiger partial charge in [0.25, 0.3) is 5.91 Å². The van der Waals surface area contributed by atoms with E-state index >= 15 is 0 Å². The van der Waals surface area contributed by atoms with E-state index in [-0.39, 0.29) is 24.0 Å². The van der Waals surface area contributed by atoms with Gasteiger partial charge in [-0.3, -0.25) is 9.59 Å². The van der Waals surface area contributed by atoms with Crippen LogP contribution in [0, 0.1) is 0 Å². The second-order valence-electron chi connectivity index (χ2n) is 6.43. The third-order valence-corrected chi connectivity index (χ3v) is 4.26. The summed E-state index contributed by atoms with van der Waals surface area (Å²) in [5.41, 5.74) is 1.58. The average molecular weight is 414 g/mol. The Hall–Kier alpha value is -3.68. The van der Waals surface area contributed by atoms with Gasteiger partial charge in [-0.05, 0) is 35.4 Å². The minimum Gasteiger partial charge on any atom is -0.459 e. The van der Waals surface area contributed by atoms with Gasteiger partial charge in [-0.1, -0.05) is 42.5 Å². The van der Waals surface area contributed by atoms with E-state index in [1.807, 2.05) is 30.3 Å². The average Bonchev–Trinajstić information content (AvgIpc) is 3.28. The lowest BCUT2D eigenvalue weighted by Gasteiger charge is -2.18. The van der Waals surface area contributed by atoms with Gasteiger partial charge >= 0.3 is 6.61 Å². The van der Waals surface area contributed by atoms with Crippen LogP contribution in [-0.2, 0) is 17.8 Å². The lowest BCUT2D eigenvalue weighted by molar-refractivity contribution is -0.123. The fraction of sp³-hybridized carbons (Fsp3) is 0.182. The molecule has 8 heteroatoms. The van der Waals surface area contributed by atoms with Crippen molar-refractivity contribution in [3.63, 3.8) is 0 Å². The molecule has 0 saturated carbocycles. The summed E-state index contributed by atoms with van der Waals surface area (Å²) in [4.78, 5) is 25.1. The molecule has 3 aromatic rings. The van der Waals surface area contributed by atoms with Gasteiger partial charge in [0, 0.05) is 13.0 Å². The summed E-state index contributed by atoms with van der Waals surface area (Å²) in [6.45, 7) is -2.73. The molecule has 0 aliphatic heterocycles. The van der Waals surface area contributed by atoms with Crippen molar-refractivity contribution in [1.82, 2.24) is 10.6 Å². The molecule has 1 aromatic heterocycles. The number of alkyl halides is 2. The third kappa shape index (κ3) is 6.16. The van der Waals surface area contributed by atoms with Crippen molar-refractivity contribution in [1.29, 1.82) is 0 Å². The van der Waals surface area contributed by atoms with E-state index in [1.54, 1.807) is 18.2 Å². The Morgan fingerprint density at radius 2 is 1.67 bits per heavy atom. The van der Waals surface area contributed by atoms with Gasteiger partial charge in [0.05, 0.1) is 6.26 Å². The second-order valence-corrected chi connectivity index (χ2v) is 6.43. The first-order valence-electron chi connectivity index (χ1n) is 9.21. The van der Waals surface area contributed by atoms with Crippen LogP contribution in [0.2, 0.25) is 0 Å². The third-order valence-electron chi connectivity index (χ3n) is 4.26. The number of furan rings is 1. The van der Waals surface area contributed by atoms with Crippen LogP contribution in [0.1, 0.15) is 21.7 Å². The van der Waals surface area contributed by atoms with Crippen LogP contribution in [0.5, 0.6) is 5.75 Å². The van der Waals surface area contributed by atoms with Crippen LogP contribution in [-0.4, -0.2) is 24.5 Å². The van der Waals surface area contributed by atoms with Gasteiger partial charge in [-0.2, -0.15) is 8.78 Å². The van der Waals surface area contributed by atoms with E-state index in [0.717, 1.165) is 5.56 Å². The van der Waals surface area contributed by atoms with Gasteiger partial charge < -0.3 is 19.8 Å². The molecule has 3 rings (SSSR count). The SMILES string of the molecule is O=C(N[C@@H](Cc1ccccc1)C(=O)NCc1ccc(OC(F)F)cc1)c1ccco1. The molecule has 1 atom stereocenters. The molecule has 0 aliphatic rings. The first kappa shape index (κ1) is 21.0. The molecule has 2 aromatic carbocycles. The number of carbonyl (C=O) groups excluding carboxylic acids is 2. The second kappa shape index (κ2) is 10.2. The molecule has 0 spiro atoms. The smallest absolute Gasteiger partial charge is 0.387 e. The molecule has 6 nitrogen and oxygen atoms in total. The maximum absolute atomic E-state index is 12.8. The molecule has 0 unspecified atom stereocenters. The fourth-order valence-electron chi connectivity index (χ4n) is 2.80. The molecule has 1 heterocycles. The van der Waals surface area contributed by atoms with E-state index < -0.39 is 18.6 Å². The Labute approximate surface area is 171 Å². The molecule has 0 radical (unpaired) electrons. The predicted octanol–water partition coefficient (Wildman–Crippen LogP) is 3.54. The summed E-state index contributed by atoms with van der Waals surface area (Å²) in [5, 5.41) is 5.44. The number of nitrogens with one attached hydrogen (secondary N) is 2. The maximum Gasteiger partial charge on any atom is 0.387 e. The minimum atomic E-state index is -2.90. The summed E-state index contributed by atoms with van der Waals surface area (Å²) >= 11 is 0. The minimum absolute atomic E-state index is 0.0349. The van der Waals surface area contributed by atoms with Crippen molar-refractivity contribution in [3.05, 3.63) is 89.9 Å². The van der Waals surface area contributed by atoms with Crippen molar-refractivity contribution in [2.45, 2.75) is 25.6 Å². The molecule has 2 N–H and O–H groups in total. The van der Waals surface area contributed by atoms with Crippen LogP contribution in [0.4, 0.5) is 8.78 Å². The summed E-state index contributed by atoms with van der Waals surface area (Å²) in [6, 6.07) is 17.5. The van der Waals surface area contributed by atoms with E-state index in [2.05, 4.69) is 15.4 Å². The molecular weight excluding hydrogens is 394 g/mol. The Bertz CT molecular complexity index is 945. The highest BCUT2D eigenvalue weighted by molar-refractivity contribution is 5.95. The van der Waals surface area contributed by atoms with Crippen molar-refractivity contribution in [2.75, 3.05) is 0 Å². The number of hydrogen-bond acceptors (Lipinski definition) is 4. The van der Waals surface area contributed by atoms with Crippen molar-refractivity contribution in [2.24, 2.45) is 0 Å². The highest BCUT2D eigenvalue weighted by atomic mass is 19.3. The molecule has 0 saturated heterocycles. The first-order chi connectivity index (χ1) is 14.5. The van der Waals surface area contributed by atoms with E-state index in [4.69, 9.17) is 4.42 Å². The standard InChI is InChI=1S/C22H20F2N2O4/c23-22(24)30-17-10-8-16(9-11-17)14-25-20(27)18(13-15-5-2-1-3-6-15)26-21(28)19-7-4-12-29-19/h1-12,18,22H,13-14H2,(H,25,27)(H,26,28)/t18-/m0/s1. The van der Waals surface area contributed by atoms with Crippen LogP contribution in [0.3, 0.4) is 0 Å². The summed E-state index contributed by atoms with van der Waals surface area (Å²) < 4.78 is 33.8. The monoisotopic (exact) mass is 414 g/mol. The van der Waals surface area contributed by atoms with Crippen molar-refractivity contribution >= 4 is 11.8 Å². The molecular formula is C22H20F2N2O4. The van der Waals surface area contributed by atoms with Crippen LogP contribution < -0.4 is 15.4 Å². The highest BCUT2D eigenvalue weighted by Crippen LogP contribution is 2.15. The Morgan fingerprint density at radius 1 is 0.933 bits per heavy atom. The topological polar surface area (TPSA) is 80.6 Å². The lowest BCUT2D eigenvalue weighted by Crippen LogP contribution is -2.47. The molecule has 2 amide bonds. The Balaban J connectivity index is 1.64. The quantitative estimate of drug-likeness (QED) is 0.561. The number of benzene rings is 2. The molecule has 0 fully saturated rings. The predicted molar refractivity (Wildman–Crippen MR) is 105 cm³/mol. The first-order valence-corrected chi connectivity index (χ1v) is 9.21. The van der Waals surface area contributed by atoms with Gasteiger partial charge in [0.2, 0.25) is 5.91 Å². The van der Waals surface area contributed by atoms with Gasteiger partial charge in [-0.15, -0.1) is 0 Å². The largest absolute Gasteiger partial charge is 0.459 e. The van der Waals surface area contributed by atoms with Crippen LogP contribution in [0.15, 0.2) is 77.4 Å². The fourth-order valence-corrected chi connectivity index (χ4v) is 2.80. The lowest BCUT2D eigenvalue weighted by atomic mass is 10.0. The van der Waals surface area contributed by atoms with E-state index in [1.165, 1.54) is 24.5 Å². The van der Waals surface area contributed by atoms with Crippen LogP contribution >= 0.6 is 0 Å². The van der Waals surface area contributed by atoms with Crippen molar-refractivity contribution < 1.29 is 27.5 Å².